The summed E-state index contributed by atoms with van der Waals surface area (Å²) in [7, 11) is 0. The standard InChI is InChI=1S/C29H22S/c1-21-11-10-16-24(19-21)25-17-8-9-18-26(25)28-20-27(22-12-4-2-5-13-22)29(30-28)23-14-6-3-7-15-23/h2-20H,1H3. The zero-order valence-corrected chi connectivity index (χ0v) is 17.7. The van der Waals surface area contributed by atoms with E-state index >= 15 is 0 Å². The van der Waals surface area contributed by atoms with Crippen LogP contribution in [0.5, 0.6) is 0 Å². The molecule has 0 aliphatic heterocycles. The van der Waals surface area contributed by atoms with Crippen LogP contribution in [0.25, 0.3) is 43.1 Å². The molecule has 0 radical (unpaired) electrons. The largest absolute Gasteiger partial charge is 0.135 e. The number of hydrogen-bond acceptors (Lipinski definition) is 1. The summed E-state index contributed by atoms with van der Waals surface area (Å²) in [5, 5.41) is 0. The highest BCUT2D eigenvalue weighted by Crippen LogP contribution is 2.45. The second-order valence-electron chi connectivity index (χ2n) is 7.50. The number of hydrogen-bond donors (Lipinski definition) is 0. The number of thiophene rings is 1. The molecule has 30 heavy (non-hydrogen) atoms. The lowest BCUT2D eigenvalue weighted by Gasteiger charge is -2.09. The van der Waals surface area contributed by atoms with E-state index in [1.807, 2.05) is 11.3 Å². The summed E-state index contributed by atoms with van der Waals surface area (Å²) in [5.74, 6) is 0. The van der Waals surface area contributed by atoms with Gasteiger partial charge in [0.25, 0.3) is 0 Å². The predicted molar refractivity (Wildman–Crippen MR) is 131 cm³/mol. The van der Waals surface area contributed by atoms with Gasteiger partial charge in [-0.05, 0) is 40.8 Å². The van der Waals surface area contributed by atoms with Crippen LogP contribution in [0.15, 0.2) is 115 Å². The first-order chi connectivity index (χ1) is 14.8. The van der Waals surface area contributed by atoms with E-state index < -0.39 is 0 Å². The van der Waals surface area contributed by atoms with Crippen molar-refractivity contribution in [3.8, 4) is 43.1 Å². The SMILES string of the molecule is Cc1cccc(-c2ccccc2-c2cc(-c3ccccc3)c(-c3ccccc3)s2)c1. The third kappa shape index (κ3) is 3.60. The highest BCUT2D eigenvalue weighted by atomic mass is 32.1. The van der Waals surface area contributed by atoms with E-state index in [1.54, 1.807) is 0 Å². The van der Waals surface area contributed by atoms with E-state index in [-0.39, 0.29) is 0 Å². The van der Waals surface area contributed by atoms with Gasteiger partial charge in [0.1, 0.15) is 0 Å². The molecule has 0 spiro atoms. The molecule has 1 heterocycles. The minimum atomic E-state index is 1.26. The van der Waals surface area contributed by atoms with Crippen molar-refractivity contribution in [2.75, 3.05) is 0 Å². The predicted octanol–water partition coefficient (Wildman–Crippen LogP) is 8.72. The highest BCUT2D eigenvalue weighted by Gasteiger charge is 2.16. The Morgan fingerprint density at radius 1 is 0.467 bits per heavy atom. The number of aryl methyl sites for hydroxylation is 1. The zero-order valence-electron chi connectivity index (χ0n) is 16.9. The first-order valence-corrected chi connectivity index (χ1v) is 11.0. The van der Waals surface area contributed by atoms with E-state index in [1.165, 1.54) is 48.7 Å². The third-order valence-corrected chi connectivity index (χ3v) is 6.59. The van der Waals surface area contributed by atoms with Crippen molar-refractivity contribution in [1.82, 2.24) is 0 Å². The maximum atomic E-state index is 2.36. The summed E-state index contributed by atoms with van der Waals surface area (Å²) >= 11 is 1.87. The van der Waals surface area contributed by atoms with Gasteiger partial charge in [0.15, 0.2) is 0 Å². The molecule has 0 fully saturated rings. The molecule has 0 unspecified atom stereocenters. The Morgan fingerprint density at radius 2 is 1.07 bits per heavy atom. The van der Waals surface area contributed by atoms with E-state index in [9.17, 15) is 0 Å². The Kier molecular flexibility index (Phi) is 5.04. The first kappa shape index (κ1) is 18.6. The lowest BCUT2D eigenvalue weighted by Crippen LogP contribution is -1.83. The lowest BCUT2D eigenvalue weighted by molar-refractivity contribution is 1.47. The van der Waals surface area contributed by atoms with Gasteiger partial charge < -0.3 is 0 Å². The quantitative estimate of drug-likeness (QED) is 0.282. The van der Waals surface area contributed by atoms with Crippen molar-refractivity contribution < 1.29 is 0 Å². The molecule has 144 valence electrons. The molecule has 0 nitrogen and oxygen atoms in total. The Hall–Kier alpha value is -3.42. The fourth-order valence-electron chi connectivity index (χ4n) is 3.92. The van der Waals surface area contributed by atoms with Gasteiger partial charge in [0, 0.05) is 15.3 Å². The van der Waals surface area contributed by atoms with Gasteiger partial charge in [-0.25, -0.2) is 0 Å². The Labute approximate surface area is 182 Å². The molecule has 5 aromatic rings. The Bertz CT molecular complexity index is 1220. The molecule has 0 N–H and O–H groups in total. The van der Waals surface area contributed by atoms with E-state index in [4.69, 9.17) is 0 Å². The molecule has 0 atom stereocenters. The van der Waals surface area contributed by atoms with Gasteiger partial charge in [-0.1, -0.05) is 115 Å². The molecule has 0 aliphatic rings. The van der Waals surface area contributed by atoms with Gasteiger partial charge in [-0.3, -0.25) is 0 Å². The van der Waals surface area contributed by atoms with Crippen LogP contribution in [0.3, 0.4) is 0 Å². The van der Waals surface area contributed by atoms with Crippen molar-refractivity contribution in [2.45, 2.75) is 6.92 Å². The second kappa shape index (κ2) is 8.14. The summed E-state index contributed by atoms with van der Waals surface area (Å²) in [6.45, 7) is 2.15. The van der Waals surface area contributed by atoms with E-state index in [0.717, 1.165) is 0 Å². The van der Waals surface area contributed by atoms with Crippen molar-refractivity contribution in [3.05, 3.63) is 121 Å². The highest BCUT2D eigenvalue weighted by molar-refractivity contribution is 7.19. The first-order valence-electron chi connectivity index (χ1n) is 10.2. The summed E-state index contributed by atoms with van der Waals surface area (Å²) in [6, 6.07) is 41.3. The van der Waals surface area contributed by atoms with Crippen molar-refractivity contribution >= 4 is 11.3 Å². The normalized spacial score (nSPS) is 10.8. The van der Waals surface area contributed by atoms with Gasteiger partial charge in [-0.15, -0.1) is 11.3 Å². The Balaban J connectivity index is 1.71. The lowest BCUT2D eigenvalue weighted by atomic mass is 9.96. The van der Waals surface area contributed by atoms with Crippen LogP contribution in [-0.4, -0.2) is 0 Å². The van der Waals surface area contributed by atoms with Crippen LogP contribution in [-0.2, 0) is 0 Å². The number of rotatable bonds is 4. The van der Waals surface area contributed by atoms with E-state index in [2.05, 4.69) is 122 Å². The number of benzene rings is 4. The average molecular weight is 403 g/mol. The monoisotopic (exact) mass is 402 g/mol. The summed E-state index contributed by atoms with van der Waals surface area (Å²) < 4.78 is 0. The van der Waals surface area contributed by atoms with Crippen LogP contribution in [0.4, 0.5) is 0 Å². The van der Waals surface area contributed by atoms with Gasteiger partial charge in [-0.2, -0.15) is 0 Å². The molecule has 0 saturated carbocycles. The third-order valence-electron chi connectivity index (χ3n) is 5.37. The fraction of sp³-hybridized carbons (Fsp3) is 0.0345. The minimum absolute atomic E-state index is 1.26. The van der Waals surface area contributed by atoms with Gasteiger partial charge in [0.05, 0.1) is 0 Å². The molecule has 0 bridgehead atoms. The molecule has 5 rings (SSSR count). The zero-order chi connectivity index (χ0) is 20.3. The van der Waals surface area contributed by atoms with Gasteiger partial charge >= 0.3 is 0 Å². The van der Waals surface area contributed by atoms with Gasteiger partial charge in [0.2, 0.25) is 0 Å². The molecular formula is C29H22S. The van der Waals surface area contributed by atoms with Crippen LogP contribution in [0.1, 0.15) is 5.56 Å². The average Bonchev–Trinajstić information content (AvgIpc) is 3.26. The molecular weight excluding hydrogens is 380 g/mol. The molecule has 0 saturated heterocycles. The summed E-state index contributed by atoms with van der Waals surface area (Å²) in [6.07, 6.45) is 0. The van der Waals surface area contributed by atoms with Crippen LogP contribution in [0.2, 0.25) is 0 Å². The molecule has 4 aromatic carbocycles. The smallest absolute Gasteiger partial charge is 0.0427 e. The summed E-state index contributed by atoms with van der Waals surface area (Å²) in [5.41, 5.74) is 8.92. The van der Waals surface area contributed by atoms with Crippen molar-refractivity contribution in [3.63, 3.8) is 0 Å². The molecule has 1 aromatic heterocycles. The summed E-state index contributed by atoms with van der Waals surface area (Å²) in [4.78, 5) is 2.61. The minimum Gasteiger partial charge on any atom is -0.135 e. The van der Waals surface area contributed by atoms with Crippen molar-refractivity contribution in [1.29, 1.82) is 0 Å². The van der Waals surface area contributed by atoms with Crippen LogP contribution < -0.4 is 0 Å². The topological polar surface area (TPSA) is 0 Å². The fourth-order valence-corrected chi connectivity index (χ4v) is 5.15. The van der Waals surface area contributed by atoms with Crippen LogP contribution >= 0.6 is 11.3 Å². The van der Waals surface area contributed by atoms with E-state index in [0.29, 0.717) is 0 Å². The molecule has 0 aliphatic carbocycles. The Morgan fingerprint density at radius 3 is 1.77 bits per heavy atom. The molecule has 0 amide bonds. The maximum Gasteiger partial charge on any atom is 0.0427 e. The van der Waals surface area contributed by atoms with Crippen LogP contribution in [0, 0.1) is 6.92 Å². The van der Waals surface area contributed by atoms with Crippen molar-refractivity contribution in [2.24, 2.45) is 0 Å². The molecule has 1 heteroatoms. The maximum absolute atomic E-state index is 2.36. The second-order valence-corrected chi connectivity index (χ2v) is 8.55.